The lowest BCUT2D eigenvalue weighted by molar-refractivity contribution is 0.550. The standard InChI is InChI=1S/C12H13N3S2/c1-12(7-13,14-2)8-16-11-15-9-5-3-4-6-10(9)17-11/h3-6,14H,8H2,1-2H3. The molecular weight excluding hydrogens is 250 g/mol. The zero-order valence-corrected chi connectivity index (χ0v) is 11.4. The molecule has 1 heterocycles. The Morgan fingerprint density at radius 2 is 2.29 bits per heavy atom. The van der Waals surface area contributed by atoms with Crippen molar-refractivity contribution in [3.8, 4) is 6.07 Å². The molecule has 0 radical (unpaired) electrons. The number of rotatable bonds is 4. The second kappa shape index (κ2) is 5.05. The molecule has 0 bridgehead atoms. The van der Waals surface area contributed by atoms with E-state index in [4.69, 9.17) is 5.26 Å². The fourth-order valence-corrected chi connectivity index (χ4v) is 3.44. The molecule has 0 aliphatic rings. The van der Waals surface area contributed by atoms with Gasteiger partial charge in [-0.3, -0.25) is 0 Å². The number of nitrogens with one attached hydrogen (secondary N) is 1. The van der Waals surface area contributed by atoms with Gasteiger partial charge in [0, 0.05) is 5.75 Å². The first-order chi connectivity index (χ1) is 8.17. The van der Waals surface area contributed by atoms with E-state index in [0.717, 1.165) is 9.86 Å². The minimum atomic E-state index is -0.497. The van der Waals surface area contributed by atoms with E-state index in [0.29, 0.717) is 5.75 Å². The Labute approximate surface area is 109 Å². The molecule has 2 rings (SSSR count). The summed E-state index contributed by atoms with van der Waals surface area (Å²) in [4.78, 5) is 4.53. The van der Waals surface area contributed by atoms with Crippen LogP contribution in [0.3, 0.4) is 0 Å². The molecule has 5 heteroatoms. The number of thioether (sulfide) groups is 1. The van der Waals surface area contributed by atoms with E-state index in [9.17, 15) is 0 Å². The van der Waals surface area contributed by atoms with Gasteiger partial charge < -0.3 is 5.32 Å². The van der Waals surface area contributed by atoms with Gasteiger partial charge in [-0.05, 0) is 26.1 Å². The van der Waals surface area contributed by atoms with Gasteiger partial charge in [-0.2, -0.15) is 5.26 Å². The minimum Gasteiger partial charge on any atom is -0.302 e. The quantitative estimate of drug-likeness (QED) is 0.862. The number of thiazole rings is 1. The summed E-state index contributed by atoms with van der Waals surface area (Å²) < 4.78 is 2.21. The molecule has 88 valence electrons. The van der Waals surface area contributed by atoms with Crippen LogP contribution in [0.5, 0.6) is 0 Å². The van der Waals surface area contributed by atoms with E-state index < -0.39 is 5.54 Å². The molecule has 17 heavy (non-hydrogen) atoms. The normalized spacial score (nSPS) is 14.4. The third-order valence-electron chi connectivity index (χ3n) is 2.56. The molecule has 0 aliphatic carbocycles. The predicted molar refractivity (Wildman–Crippen MR) is 73.4 cm³/mol. The summed E-state index contributed by atoms with van der Waals surface area (Å²) in [6.45, 7) is 1.90. The second-order valence-electron chi connectivity index (χ2n) is 3.93. The summed E-state index contributed by atoms with van der Waals surface area (Å²) in [5, 5.41) is 12.1. The maximum absolute atomic E-state index is 9.06. The van der Waals surface area contributed by atoms with Gasteiger partial charge in [-0.25, -0.2) is 4.98 Å². The second-order valence-corrected chi connectivity index (χ2v) is 6.18. The number of hydrogen-bond donors (Lipinski definition) is 1. The van der Waals surface area contributed by atoms with Crippen molar-refractivity contribution in [3.05, 3.63) is 24.3 Å². The molecule has 1 atom stereocenters. The average molecular weight is 263 g/mol. The van der Waals surface area contributed by atoms with Gasteiger partial charge in [0.05, 0.1) is 16.3 Å². The van der Waals surface area contributed by atoms with Crippen LogP contribution >= 0.6 is 23.1 Å². The first-order valence-corrected chi connectivity index (χ1v) is 7.05. The highest BCUT2D eigenvalue weighted by atomic mass is 32.2. The molecule has 0 aliphatic heterocycles. The largest absolute Gasteiger partial charge is 0.302 e. The van der Waals surface area contributed by atoms with E-state index >= 15 is 0 Å². The Balaban J connectivity index is 2.12. The van der Waals surface area contributed by atoms with Gasteiger partial charge in [-0.1, -0.05) is 23.9 Å². The van der Waals surface area contributed by atoms with Gasteiger partial charge in [0.15, 0.2) is 4.34 Å². The molecule has 2 aromatic rings. The number of aromatic nitrogens is 1. The van der Waals surface area contributed by atoms with Crippen molar-refractivity contribution in [2.24, 2.45) is 0 Å². The zero-order chi connectivity index (χ0) is 12.3. The summed E-state index contributed by atoms with van der Waals surface area (Å²) in [5.41, 5.74) is 0.533. The maximum atomic E-state index is 9.06. The first kappa shape index (κ1) is 12.4. The summed E-state index contributed by atoms with van der Waals surface area (Å²) in [7, 11) is 1.81. The van der Waals surface area contributed by atoms with Crippen molar-refractivity contribution in [2.75, 3.05) is 12.8 Å². The Kier molecular flexibility index (Phi) is 3.67. The van der Waals surface area contributed by atoms with Crippen molar-refractivity contribution < 1.29 is 0 Å². The maximum Gasteiger partial charge on any atom is 0.151 e. The van der Waals surface area contributed by atoms with Crippen molar-refractivity contribution >= 4 is 33.3 Å². The average Bonchev–Trinajstić information content (AvgIpc) is 2.79. The minimum absolute atomic E-state index is 0.497. The van der Waals surface area contributed by atoms with Gasteiger partial charge >= 0.3 is 0 Å². The van der Waals surface area contributed by atoms with Crippen LogP contribution in [0.4, 0.5) is 0 Å². The van der Waals surface area contributed by atoms with Gasteiger partial charge in [0.1, 0.15) is 5.54 Å². The fourth-order valence-electron chi connectivity index (χ4n) is 1.28. The number of nitrogens with zero attached hydrogens (tertiary/aromatic N) is 2. The van der Waals surface area contributed by atoms with Crippen LogP contribution in [0, 0.1) is 11.3 Å². The smallest absolute Gasteiger partial charge is 0.151 e. The number of benzene rings is 1. The highest BCUT2D eigenvalue weighted by molar-refractivity contribution is 8.01. The summed E-state index contributed by atoms with van der Waals surface area (Å²) in [6, 6.07) is 10.4. The third kappa shape index (κ3) is 2.78. The van der Waals surface area contributed by atoms with Crippen LogP contribution in [0.25, 0.3) is 10.2 Å². The lowest BCUT2D eigenvalue weighted by Gasteiger charge is -2.18. The van der Waals surface area contributed by atoms with E-state index in [-0.39, 0.29) is 0 Å². The predicted octanol–water partition coefficient (Wildman–Crippen LogP) is 2.89. The molecule has 0 fully saturated rings. The lowest BCUT2D eigenvalue weighted by atomic mass is 10.1. The van der Waals surface area contributed by atoms with Gasteiger partial charge in [0.2, 0.25) is 0 Å². The Hall–Kier alpha value is -1.09. The molecule has 1 aromatic carbocycles. The highest BCUT2D eigenvalue weighted by Crippen LogP contribution is 2.30. The van der Waals surface area contributed by atoms with Gasteiger partial charge in [-0.15, -0.1) is 11.3 Å². The molecular formula is C12H13N3S2. The van der Waals surface area contributed by atoms with E-state index in [2.05, 4.69) is 22.4 Å². The van der Waals surface area contributed by atoms with Crippen LogP contribution < -0.4 is 5.32 Å². The highest BCUT2D eigenvalue weighted by Gasteiger charge is 2.22. The lowest BCUT2D eigenvalue weighted by Crippen LogP contribution is -2.40. The molecule has 0 saturated carbocycles. The van der Waals surface area contributed by atoms with Crippen molar-refractivity contribution in [3.63, 3.8) is 0 Å². The molecule has 1 unspecified atom stereocenters. The molecule has 0 amide bonds. The molecule has 0 spiro atoms. The number of para-hydroxylation sites is 1. The van der Waals surface area contributed by atoms with E-state index in [1.54, 1.807) is 23.1 Å². The van der Waals surface area contributed by atoms with Crippen molar-refractivity contribution in [1.29, 1.82) is 5.26 Å². The number of nitriles is 1. The van der Waals surface area contributed by atoms with Crippen LogP contribution in [0.1, 0.15) is 6.92 Å². The molecule has 0 saturated heterocycles. The van der Waals surface area contributed by atoms with E-state index in [1.165, 1.54) is 4.70 Å². The number of fused-ring (bicyclic) bond motifs is 1. The van der Waals surface area contributed by atoms with Crippen LogP contribution in [0.15, 0.2) is 28.6 Å². The Morgan fingerprint density at radius 1 is 1.53 bits per heavy atom. The molecule has 3 nitrogen and oxygen atoms in total. The molecule has 1 aromatic heterocycles. The monoisotopic (exact) mass is 263 g/mol. The van der Waals surface area contributed by atoms with Crippen molar-refractivity contribution in [2.45, 2.75) is 16.8 Å². The first-order valence-electron chi connectivity index (χ1n) is 5.25. The Morgan fingerprint density at radius 3 is 2.94 bits per heavy atom. The summed E-state index contributed by atoms with van der Waals surface area (Å²) >= 11 is 3.30. The van der Waals surface area contributed by atoms with Crippen LogP contribution in [-0.2, 0) is 0 Å². The fraction of sp³-hybridized carbons (Fsp3) is 0.333. The Bertz CT molecular complexity index is 525. The van der Waals surface area contributed by atoms with Crippen LogP contribution in [-0.4, -0.2) is 23.3 Å². The molecule has 1 N–H and O–H groups in total. The summed E-state index contributed by atoms with van der Waals surface area (Å²) in [6.07, 6.45) is 0. The summed E-state index contributed by atoms with van der Waals surface area (Å²) in [5.74, 6) is 0.694. The topological polar surface area (TPSA) is 48.7 Å². The SMILES string of the molecule is CNC(C)(C#N)CSc1nc2ccccc2s1. The van der Waals surface area contributed by atoms with Crippen LogP contribution in [0.2, 0.25) is 0 Å². The van der Waals surface area contributed by atoms with Crippen molar-refractivity contribution in [1.82, 2.24) is 10.3 Å². The third-order valence-corrected chi connectivity index (χ3v) is 5.05. The van der Waals surface area contributed by atoms with Gasteiger partial charge in [0.25, 0.3) is 0 Å². The zero-order valence-electron chi connectivity index (χ0n) is 9.73. The number of hydrogen-bond acceptors (Lipinski definition) is 5. The van der Waals surface area contributed by atoms with E-state index in [1.807, 2.05) is 32.2 Å².